The molecule has 0 spiro atoms. The minimum Gasteiger partial charge on any atom is -0.350 e. The summed E-state index contributed by atoms with van der Waals surface area (Å²) in [5.41, 5.74) is 2.11. The molecule has 4 heteroatoms. The van der Waals surface area contributed by atoms with Crippen LogP contribution in [0.2, 0.25) is 0 Å². The Morgan fingerprint density at radius 1 is 1.11 bits per heavy atom. The van der Waals surface area contributed by atoms with Gasteiger partial charge in [0.1, 0.15) is 5.69 Å². The molecule has 1 aromatic heterocycles. The number of amides is 1. The lowest BCUT2D eigenvalue weighted by Crippen LogP contribution is -2.25. The highest BCUT2D eigenvalue weighted by Gasteiger charge is 2.24. The zero-order valence-electron chi connectivity index (χ0n) is 10.4. The monoisotopic (exact) mass is 254 g/mol. The molecule has 19 heavy (non-hydrogen) atoms. The molecule has 4 nitrogen and oxygen atoms in total. The molecule has 0 unspecified atom stereocenters. The molecule has 1 N–H and O–H groups in total. The Labute approximate surface area is 111 Å². The van der Waals surface area contributed by atoms with Gasteiger partial charge in [-0.2, -0.15) is 0 Å². The van der Waals surface area contributed by atoms with E-state index in [-0.39, 0.29) is 11.7 Å². The third kappa shape index (κ3) is 2.17. The minimum absolute atomic E-state index is 0.0279. The van der Waals surface area contributed by atoms with Crippen molar-refractivity contribution in [3.8, 4) is 0 Å². The highest BCUT2D eigenvalue weighted by molar-refractivity contribution is 6.09. The fourth-order valence-electron chi connectivity index (χ4n) is 2.37. The maximum Gasteiger partial charge on any atom is 0.268 e. The van der Waals surface area contributed by atoms with Crippen LogP contribution in [-0.2, 0) is 6.54 Å². The number of carbonyl (C=O) groups is 2. The van der Waals surface area contributed by atoms with Gasteiger partial charge in [0.2, 0.25) is 0 Å². The van der Waals surface area contributed by atoms with Crippen LogP contribution >= 0.6 is 0 Å². The minimum atomic E-state index is -0.165. The van der Waals surface area contributed by atoms with E-state index in [4.69, 9.17) is 0 Å². The number of ketones is 1. The second-order valence-electron chi connectivity index (χ2n) is 4.62. The smallest absolute Gasteiger partial charge is 0.268 e. The van der Waals surface area contributed by atoms with Gasteiger partial charge in [0, 0.05) is 31.3 Å². The molecule has 0 radical (unpaired) electrons. The van der Waals surface area contributed by atoms with Crippen LogP contribution in [0.3, 0.4) is 0 Å². The van der Waals surface area contributed by atoms with Crippen LogP contribution in [0.1, 0.15) is 32.8 Å². The number of hydrogen-bond acceptors (Lipinski definition) is 2. The number of carbonyl (C=O) groups excluding carboxylic acids is 2. The Morgan fingerprint density at radius 2 is 1.89 bits per heavy atom. The summed E-state index contributed by atoms with van der Waals surface area (Å²) in [7, 11) is 0. The van der Waals surface area contributed by atoms with Gasteiger partial charge in [0.25, 0.3) is 5.91 Å². The molecule has 0 bridgehead atoms. The number of Topliss-reactive ketones (excluding diaryl/α,β-unsaturated/α-hetero) is 1. The van der Waals surface area contributed by atoms with Crippen LogP contribution in [0.25, 0.3) is 0 Å². The number of nitrogens with one attached hydrogen (secondary N) is 1. The summed E-state index contributed by atoms with van der Waals surface area (Å²) in [5, 5.41) is 2.76. The van der Waals surface area contributed by atoms with Gasteiger partial charge in [0.05, 0.1) is 0 Å². The van der Waals surface area contributed by atoms with E-state index in [0.717, 1.165) is 5.56 Å². The summed E-state index contributed by atoms with van der Waals surface area (Å²) >= 11 is 0. The summed E-state index contributed by atoms with van der Waals surface area (Å²) in [6.07, 6.45) is 2.18. The van der Waals surface area contributed by atoms with Gasteiger partial charge in [-0.15, -0.1) is 0 Å². The average molecular weight is 254 g/mol. The van der Waals surface area contributed by atoms with Gasteiger partial charge in [-0.3, -0.25) is 9.59 Å². The van der Waals surface area contributed by atoms with Crippen LogP contribution in [0.4, 0.5) is 0 Å². The molecule has 0 saturated heterocycles. The topological polar surface area (TPSA) is 51.1 Å². The van der Waals surface area contributed by atoms with E-state index in [2.05, 4.69) is 5.32 Å². The number of rotatable bonds is 2. The Hall–Kier alpha value is -2.36. The first-order valence-electron chi connectivity index (χ1n) is 6.30. The Balaban J connectivity index is 2.00. The van der Waals surface area contributed by atoms with Crippen LogP contribution in [-0.4, -0.2) is 22.8 Å². The van der Waals surface area contributed by atoms with Crippen molar-refractivity contribution in [3.05, 3.63) is 59.4 Å². The van der Waals surface area contributed by atoms with Gasteiger partial charge in [0.15, 0.2) is 5.78 Å². The second kappa shape index (κ2) is 4.72. The first-order valence-corrected chi connectivity index (χ1v) is 6.30. The summed E-state index contributed by atoms with van der Waals surface area (Å²) in [5.74, 6) is -0.137. The summed E-state index contributed by atoms with van der Waals surface area (Å²) < 4.78 is 1.84. The molecule has 1 amide bonds. The van der Waals surface area contributed by atoms with E-state index in [0.29, 0.717) is 30.8 Å². The lowest BCUT2D eigenvalue weighted by molar-refractivity contribution is 0.0947. The van der Waals surface area contributed by atoms with Crippen molar-refractivity contribution in [1.82, 2.24) is 9.88 Å². The van der Waals surface area contributed by atoms with Crippen LogP contribution in [0, 0.1) is 0 Å². The Kier molecular flexibility index (Phi) is 2.91. The van der Waals surface area contributed by atoms with Crippen LogP contribution < -0.4 is 5.32 Å². The molecule has 0 saturated carbocycles. The number of nitrogens with zero attached hydrogens (tertiary/aromatic N) is 1. The predicted octanol–water partition coefficient (Wildman–Crippen LogP) is 1.85. The second-order valence-corrected chi connectivity index (χ2v) is 4.62. The molecule has 0 fully saturated rings. The molecule has 3 rings (SSSR count). The first kappa shape index (κ1) is 11.7. The lowest BCUT2D eigenvalue weighted by Gasteiger charge is -2.08. The van der Waals surface area contributed by atoms with Crippen molar-refractivity contribution in [1.29, 1.82) is 0 Å². The van der Waals surface area contributed by atoms with Crippen molar-refractivity contribution >= 4 is 11.7 Å². The Bertz CT molecular complexity index is 629. The number of benzene rings is 1. The van der Waals surface area contributed by atoms with E-state index in [1.54, 1.807) is 12.3 Å². The van der Waals surface area contributed by atoms with Crippen LogP contribution in [0.15, 0.2) is 42.6 Å². The van der Waals surface area contributed by atoms with Gasteiger partial charge in [-0.25, -0.2) is 0 Å². The van der Waals surface area contributed by atoms with Gasteiger partial charge in [-0.05, 0) is 11.6 Å². The molecular formula is C15H14N2O2. The maximum absolute atomic E-state index is 12.0. The fraction of sp³-hybridized carbons (Fsp3) is 0.200. The summed E-state index contributed by atoms with van der Waals surface area (Å²) in [6, 6.07) is 11.6. The molecule has 1 aromatic carbocycles. The van der Waals surface area contributed by atoms with Gasteiger partial charge >= 0.3 is 0 Å². The highest BCUT2D eigenvalue weighted by Crippen LogP contribution is 2.17. The molecular weight excluding hydrogens is 240 g/mol. The number of aromatic nitrogens is 1. The average Bonchev–Trinajstić information content (AvgIpc) is 2.77. The van der Waals surface area contributed by atoms with Crippen molar-refractivity contribution in [2.75, 3.05) is 6.54 Å². The molecule has 1 aliphatic heterocycles. The predicted molar refractivity (Wildman–Crippen MR) is 71.3 cm³/mol. The summed E-state index contributed by atoms with van der Waals surface area (Å²) in [6.45, 7) is 1.01. The van der Waals surface area contributed by atoms with E-state index in [1.807, 2.05) is 34.9 Å². The van der Waals surface area contributed by atoms with Crippen LogP contribution in [0.5, 0.6) is 0 Å². The molecule has 0 atom stereocenters. The lowest BCUT2D eigenvalue weighted by atomic mass is 10.1. The van der Waals surface area contributed by atoms with E-state index < -0.39 is 0 Å². The molecule has 2 aromatic rings. The van der Waals surface area contributed by atoms with Crippen molar-refractivity contribution < 1.29 is 9.59 Å². The standard InChI is InChI=1S/C15H14N2O2/c18-13-6-8-16-15(19)14-12(13)7-9-17(14)10-11-4-2-1-3-5-11/h1-5,7,9H,6,8,10H2,(H,16,19). The van der Waals surface area contributed by atoms with E-state index in [1.165, 1.54) is 0 Å². The highest BCUT2D eigenvalue weighted by atomic mass is 16.2. The van der Waals surface area contributed by atoms with E-state index >= 15 is 0 Å². The first-order chi connectivity index (χ1) is 9.25. The maximum atomic E-state index is 12.0. The number of fused-ring (bicyclic) bond motifs is 1. The quantitative estimate of drug-likeness (QED) is 0.889. The van der Waals surface area contributed by atoms with Gasteiger partial charge in [-0.1, -0.05) is 30.3 Å². The summed E-state index contributed by atoms with van der Waals surface area (Å²) in [4.78, 5) is 24.0. The zero-order chi connectivity index (χ0) is 13.2. The van der Waals surface area contributed by atoms with Gasteiger partial charge < -0.3 is 9.88 Å². The molecule has 96 valence electrons. The van der Waals surface area contributed by atoms with Crippen molar-refractivity contribution in [2.24, 2.45) is 0 Å². The number of hydrogen-bond donors (Lipinski definition) is 1. The normalized spacial score (nSPS) is 14.7. The molecule has 0 aliphatic carbocycles. The SMILES string of the molecule is O=C1CCNC(=O)c2c1ccn2Cc1ccccc1. The Morgan fingerprint density at radius 3 is 2.68 bits per heavy atom. The fourth-order valence-corrected chi connectivity index (χ4v) is 2.37. The third-order valence-corrected chi connectivity index (χ3v) is 3.31. The van der Waals surface area contributed by atoms with Crippen molar-refractivity contribution in [3.63, 3.8) is 0 Å². The zero-order valence-corrected chi connectivity index (χ0v) is 10.4. The molecule has 1 aliphatic rings. The molecule has 2 heterocycles. The third-order valence-electron chi connectivity index (χ3n) is 3.31. The van der Waals surface area contributed by atoms with E-state index in [9.17, 15) is 9.59 Å². The van der Waals surface area contributed by atoms with Crippen molar-refractivity contribution in [2.45, 2.75) is 13.0 Å². The largest absolute Gasteiger partial charge is 0.350 e.